The summed E-state index contributed by atoms with van der Waals surface area (Å²) in [6.45, 7) is 3.95. The SMILES string of the molecule is COc1cccc(Cc2nc3c(c(N4CCOCC4)n2)CN(C(=O)c2ccco2)CC3)c1. The third kappa shape index (κ3) is 4.18. The van der Waals surface area contributed by atoms with E-state index in [9.17, 15) is 4.79 Å². The fourth-order valence-electron chi connectivity index (χ4n) is 4.26. The largest absolute Gasteiger partial charge is 0.497 e. The molecular formula is C24H26N4O4. The molecule has 0 N–H and O–H groups in total. The van der Waals surface area contributed by atoms with Gasteiger partial charge in [0.25, 0.3) is 5.91 Å². The molecule has 8 heteroatoms. The molecule has 0 radical (unpaired) electrons. The zero-order valence-electron chi connectivity index (χ0n) is 18.1. The summed E-state index contributed by atoms with van der Waals surface area (Å²) in [5.41, 5.74) is 3.14. The zero-order valence-corrected chi connectivity index (χ0v) is 18.1. The zero-order chi connectivity index (χ0) is 21.9. The van der Waals surface area contributed by atoms with Gasteiger partial charge < -0.3 is 23.7 Å². The number of anilines is 1. The summed E-state index contributed by atoms with van der Waals surface area (Å²) in [6, 6.07) is 11.4. The maximum absolute atomic E-state index is 12.9. The molecule has 0 unspecified atom stereocenters. The lowest BCUT2D eigenvalue weighted by molar-refractivity contribution is 0.0700. The van der Waals surface area contributed by atoms with Gasteiger partial charge in [-0.15, -0.1) is 0 Å². The number of morpholine rings is 1. The third-order valence-electron chi connectivity index (χ3n) is 5.91. The van der Waals surface area contributed by atoms with Crippen LogP contribution in [0, 0.1) is 0 Å². The molecule has 1 aromatic carbocycles. The van der Waals surface area contributed by atoms with Crippen molar-refractivity contribution in [1.82, 2.24) is 14.9 Å². The number of ether oxygens (including phenoxy) is 2. The van der Waals surface area contributed by atoms with Crippen LogP contribution < -0.4 is 9.64 Å². The smallest absolute Gasteiger partial charge is 0.289 e. The highest BCUT2D eigenvalue weighted by Gasteiger charge is 2.29. The number of carbonyl (C=O) groups excluding carboxylic acids is 1. The van der Waals surface area contributed by atoms with Crippen LogP contribution in [0.1, 0.15) is 33.2 Å². The predicted molar refractivity (Wildman–Crippen MR) is 118 cm³/mol. The molecule has 2 aliphatic rings. The van der Waals surface area contributed by atoms with Crippen molar-refractivity contribution in [3.8, 4) is 5.75 Å². The predicted octanol–water partition coefficient (Wildman–Crippen LogP) is 2.70. The highest BCUT2D eigenvalue weighted by Crippen LogP contribution is 2.29. The van der Waals surface area contributed by atoms with Crippen LogP contribution in [0.25, 0.3) is 0 Å². The van der Waals surface area contributed by atoms with Gasteiger partial charge in [-0.05, 0) is 29.8 Å². The van der Waals surface area contributed by atoms with Crippen LogP contribution >= 0.6 is 0 Å². The summed E-state index contributed by atoms with van der Waals surface area (Å²) in [7, 11) is 1.67. The Bertz CT molecular complexity index is 1090. The molecule has 1 saturated heterocycles. The van der Waals surface area contributed by atoms with Crippen LogP contribution in [0.3, 0.4) is 0 Å². The van der Waals surface area contributed by atoms with Gasteiger partial charge >= 0.3 is 0 Å². The van der Waals surface area contributed by atoms with E-state index in [0.717, 1.165) is 47.3 Å². The fourth-order valence-corrected chi connectivity index (χ4v) is 4.26. The van der Waals surface area contributed by atoms with Gasteiger partial charge in [0, 0.05) is 38.0 Å². The first-order valence-corrected chi connectivity index (χ1v) is 10.9. The first-order chi connectivity index (χ1) is 15.7. The number of methoxy groups -OCH3 is 1. The van der Waals surface area contributed by atoms with E-state index < -0.39 is 0 Å². The van der Waals surface area contributed by atoms with E-state index in [0.29, 0.717) is 44.9 Å². The first kappa shape index (κ1) is 20.5. The van der Waals surface area contributed by atoms with Crippen molar-refractivity contribution in [3.05, 3.63) is 71.1 Å². The van der Waals surface area contributed by atoms with E-state index in [1.165, 1.54) is 6.26 Å². The van der Waals surface area contributed by atoms with Crippen molar-refractivity contribution in [2.45, 2.75) is 19.4 Å². The van der Waals surface area contributed by atoms with Crippen molar-refractivity contribution < 1.29 is 18.7 Å². The Morgan fingerprint density at radius 2 is 2.00 bits per heavy atom. The van der Waals surface area contributed by atoms with Crippen molar-refractivity contribution in [2.75, 3.05) is 44.9 Å². The van der Waals surface area contributed by atoms with E-state index >= 15 is 0 Å². The Balaban J connectivity index is 1.47. The molecule has 1 fully saturated rings. The molecule has 3 aromatic rings. The number of carbonyl (C=O) groups is 1. The monoisotopic (exact) mass is 434 g/mol. The number of hydrogen-bond donors (Lipinski definition) is 0. The van der Waals surface area contributed by atoms with Crippen LogP contribution in [-0.4, -0.2) is 60.7 Å². The Morgan fingerprint density at radius 3 is 2.78 bits per heavy atom. The molecule has 166 valence electrons. The number of hydrogen-bond acceptors (Lipinski definition) is 7. The van der Waals surface area contributed by atoms with Crippen molar-refractivity contribution in [1.29, 1.82) is 0 Å². The molecule has 0 spiro atoms. The maximum Gasteiger partial charge on any atom is 0.289 e. The molecule has 32 heavy (non-hydrogen) atoms. The summed E-state index contributed by atoms with van der Waals surface area (Å²) in [5, 5.41) is 0. The molecule has 0 saturated carbocycles. The van der Waals surface area contributed by atoms with Crippen molar-refractivity contribution in [2.24, 2.45) is 0 Å². The number of nitrogens with zero attached hydrogens (tertiary/aromatic N) is 4. The Morgan fingerprint density at radius 1 is 1.12 bits per heavy atom. The van der Waals surface area contributed by atoms with Gasteiger partial charge in [-0.3, -0.25) is 4.79 Å². The summed E-state index contributed by atoms with van der Waals surface area (Å²) in [4.78, 5) is 26.8. The Kier molecular flexibility index (Phi) is 5.77. The third-order valence-corrected chi connectivity index (χ3v) is 5.91. The molecule has 5 rings (SSSR count). The van der Waals surface area contributed by atoms with Crippen LogP contribution in [0.2, 0.25) is 0 Å². The number of fused-ring (bicyclic) bond motifs is 1. The molecule has 1 amide bonds. The molecular weight excluding hydrogens is 408 g/mol. The van der Waals surface area contributed by atoms with Gasteiger partial charge in [0.15, 0.2) is 5.76 Å². The first-order valence-electron chi connectivity index (χ1n) is 10.9. The fraction of sp³-hybridized carbons (Fsp3) is 0.375. The molecule has 0 bridgehead atoms. The summed E-state index contributed by atoms with van der Waals surface area (Å²) in [6.07, 6.45) is 2.84. The van der Waals surface area contributed by atoms with Crippen LogP contribution in [0.5, 0.6) is 5.75 Å². The van der Waals surface area contributed by atoms with E-state index in [2.05, 4.69) is 11.0 Å². The minimum atomic E-state index is -0.103. The maximum atomic E-state index is 12.9. The number of benzene rings is 1. The topological polar surface area (TPSA) is 80.9 Å². The second-order valence-electron chi connectivity index (χ2n) is 7.97. The highest BCUT2D eigenvalue weighted by atomic mass is 16.5. The Hall–Kier alpha value is -3.39. The van der Waals surface area contributed by atoms with Gasteiger partial charge in [0.05, 0.1) is 38.8 Å². The van der Waals surface area contributed by atoms with Crippen molar-refractivity contribution >= 4 is 11.7 Å². The minimum Gasteiger partial charge on any atom is -0.497 e. The summed E-state index contributed by atoms with van der Waals surface area (Å²) >= 11 is 0. The minimum absolute atomic E-state index is 0.103. The Labute approximate surface area is 186 Å². The molecule has 0 aliphatic carbocycles. The summed E-state index contributed by atoms with van der Waals surface area (Å²) in [5.74, 6) is 2.77. The van der Waals surface area contributed by atoms with Crippen LogP contribution in [0.15, 0.2) is 47.1 Å². The lowest BCUT2D eigenvalue weighted by Gasteiger charge is -2.34. The second-order valence-corrected chi connectivity index (χ2v) is 7.97. The van der Waals surface area contributed by atoms with Crippen LogP contribution in [-0.2, 0) is 24.1 Å². The molecule has 2 aromatic heterocycles. The van der Waals surface area contributed by atoms with E-state index in [1.807, 2.05) is 23.1 Å². The number of aromatic nitrogens is 2. The molecule has 0 atom stereocenters. The highest BCUT2D eigenvalue weighted by molar-refractivity contribution is 5.91. The molecule has 8 nitrogen and oxygen atoms in total. The van der Waals surface area contributed by atoms with Crippen molar-refractivity contribution in [3.63, 3.8) is 0 Å². The normalized spacial score (nSPS) is 16.0. The number of amides is 1. The standard InChI is InChI=1S/C24H26N4O4/c1-30-18-5-2-4-17(14-18)15-22-25-20-7-8-28(24(29)21-6-3-11-32-21)16-19(20)23(26-22)27-9-12-31-13-10-27/h2-6,11,14H,7-10,12-13,15-16H2,1H3. The van der Waals surface area contributed by atoms with E-state index in [4.69, 9.17) is 23.9 Å². The van der Waals surface area contributed by atoms with Crippen LogP contribution in [0.4, 0.5) is 5.82 Å². The van der Waals surface area contributed by atoms with Gasteiger partial charge in [-0.25, -0.2) is 9.97 Å². The molecule has 2 aliphatic heterocycles. The summed E-state index contributed by atoms with van der Waals surface area (Å²) < 4.78 is 16.2. The average molecular weight is 434 g/mol. The van der Waals surface area contributed by atoms with Gasteiger partial charge in [0.2, 0.25) is 0 Å². The van der Waals surface area contributed by atoms with E-state index in [-0.39, 0.29) is 5.91 Å². The number of rotatable bonds is 5. The van der Waals surface area contributed by atoms with Gasteiger partial charge in [-0.1, -0.05) is 12.1 Å². The van der Waals surface area contributed by atoms with Gasteiger partial charge in [-0.2, -0.15) is 0 Å². The molecule has 4 heterocycles. The lowest BCUT2D eigenvalue weighted by atomic mass is 10.0. The second kappa shape index (κ2) is 9.00. The number of furan rings is 1. The average Bonchev–Trinajstić information content (AvgIpc) is 3.38. The quantitative estimate of drug-likeness (QED) is 0.611. The van der Waals surface area contributed by atoms with Gasteiger partial charge in [0.1, 0.15) is 17.4 Å². The van der Waals surface area contributed by atoms with E-state index in [1.54, 1.807) is 19.2 Å². The lowest BCUT2D eigenvalue weighted by Crippen LogP contribution is -2.41.